The number of carboxylic acids is 1. The van der Waals surface area contributed by atoms with E-state index in [1.807, 2.05) is 24.3 Å². The molecule has 7 heteroatoms. The van der Waals surface area contributed by atoms with Gasteiger partial charge in [0.15, 0.2) is 5.12 Å². The number of hydrogen-bond donors (Lipinski definition) is 1. The Morgan fingerprint density at radius 3 is 2.26 bits per heavy atom. The topological polar surface area (TPSA) is 83.9 Å². The van der Waals surface area contributed by atoms with Crippen molar-refractivity contribution in [2.45, 2.75) is 25.1 Å². The highest BCUT2D eigenvalue weighted by Crippen LogP contribution is 2.27. The van der Waals surface area contributed by atoms with Gasteiger partial charge in [0, 0.05) is 31.7 Å². The van der Waals surface area contributed by atoms with Gasteiger partial charge >= 0.3 is 5.97 Å². The van der Waals surface area contributed by atoms with Crippen molar-refractivity contribution >= 4 is 28.8 Å². The molecule has 2 aromatic rings. The number of hydrogen-bond acceptors (Lipinski definition) is 5. The highest BCUT2D eigenvalue weighted by atomic mass is 32.2. The predicted molar refractivity (Wildman–Crippen MR) is 102 cm³/mol. The van der Waals surface area contributed by atoms with E-state index < -0.39 is 5.97 Å². The van der Waals surface area contributed by atoms with Gasteiger partial charge in [0.1, 0.15) is 11.5 Å². The molecule has 6 nitrogen and oxygen atoms in total. The lowest BCUT2D eigenvalue weighted by Crippen LogP contribution is -2.24. The van der Waals surface area contributed by atoms with E-state index in [0.717, 1.165) is 5.56 Å². The summed E-state index contributed by atoms with van der Waals surface area (Å²) in [6, 6.07) is 13.6. The van der Waals surface area contributed by atoms with E-state index in [1.54, 1.807) is 17.0 Å². The minimum atomic E-state index is -0.980. The van der Waals surface area contributed by atoms with Crippen LogP contribution in [0.25, 0.3) is 0 Å². The Morgan fingerprint density at radius 2 is 1.70 bits per heavy atom. The average Bonchev–Trinajstić information content (AvgIpc) is 2.95. The zero-order valence-electron chi connectivity index (χ0n) is 14.8. The quantitative estimate of drug-likeness (QED) is 0.819. The predicted octanol–water partition coefficient (Wildman–Crippen LogP) is 3.56. The number of carbonyl (C=O) groups excluding carboxylic acids is 2. The van der Waals surface area contributed by atoms with Gasteiger partial charge in [0.2, 0.25) is 5.91 Å². The molecule has 27 heavy (non-hydrogen) atoms. The summed E-state index contributed by atoms with van der Waals surface area (Å²) in [4.78, 5) is 35.9. The number of amides is 1. The molecule has 0 saturated carbocycles. The van der Waals surface area contributed by atoms with E-state index in [2.05, 4.69) is 0 Å². The van der Waals surface area contributed by atoms with Crippen LogP contribution in [0, 0.1) is 0 Å². The van der Waals surface area contributed by atoms with Gasteiger partial charge < -0.3 is 14.7 Å². The molecule has 1 saturated heterocycles. The summed E-state index contributed by atoms with van der Waals surface area (Å²) in [5.74, 6) is 0.255. The Morgan fingerprint density at radius 1 is 1.11 bits per heavy atom. The number of nitrogens with zero attached hydrogens (tertiary/aromatic N) is 1. The Hall–Kier alpha value is -2.80. The third-order valence-corrected chi connectivity index (χ3v) is 5.13. The largest absolute Gasteiger partial charge is 0.478 e. The molecule has 0 bridgehead atoms. The molecular formula is C20H19NO5S. The van der Waals surface area contributed by atoms with Crippen molar-refractivity contribution in [1.29, 1.82) is 0 Å². The van der Waals surface area contributed by atoms with Crippen molar-refractivity contribution in [3.05, 3.63) is 59.7 Å². The van der Waals surface area contributed by atoms with Gasteiger partial charge in [-0.3, -0.25) is 9.59 Å². The fraction of sp³-hybridized carbons (Fsp3) is 0.250. The Kier molecular flexibility index (Phi) is 5.81. The molecule has 3 rings (SSSR count). The van der Waals surface area contributed by atoms with Crippen molar-refractivity contribution in [3.8, 4) is 11.5 Å². The van der Waals surface area contributed by atoms with Crippen LogP contribution >= 0.6 is 11.8 Å². The van der Waals surface area contributed by atoms with Crippen LogP contribution in [0.15, 0.2) is 48.5 Å². The second-order valence-corrected chi connectivity index (χ2v) is 7.76. The monoisotopic (exact) mass is 385 g/mol. The number of ether oxygens (including phenoxy) is 1. The molecular weight excluding hydrogens is 366 g/mol. The lowest BCUT2D eigenvalue weighted by molar-refractivity contribution is -0.128. The molecule has 1 fully saturated rings. The molecule has 1 atom stereocenters. The van der Waals surface area contributed by atoms with Crippen molar-refractivity contribution < 1.29 is 24.2 Å². The maximum atomic E-state index is 12.1. The molecule has 1 amide bonds. The van der Waals surface area contributed by atoms with Crippen LogP contribution in [0.3, 0.4) is 0 Å². The molecule has 1 N–H and O–H groups in total. The lowest BCUT2D eigenvalue weighted by atomic mass is 10.2. The molecule has 1 aliphatic rings. The van der Waals surface area contributed by atoms with Crippen molar-refractivity contribution in [2.24, 2.45) is 0 Å². The third-order valence-electron chi connectivity index (χ3n) is 4.15. The van der Waals surface area contributed by atoms with E-state index in [0.29, 0.717) is 31.0 Å². The van der Waals surface area contributed by atoms with Gasteiger partial charge in [-0.2, -0.15) is 0 Å². The highest BCUT2D eigenvalue weighted by molar-refractivity contribution is 8.14. The maximum Gasteiger partial charge on any atom is 0.335 e. The van der Waals surface area contributed by atoms with E-state index in [1.165, 1.54) is 30.8 Å². The number of carboxylic acid groups (broad SMARTS) is 1. The molecule has 1 unspecified atom stereocenters. The SMILES string of the molecule is CC(=O)SC1CC(=O)N(Cc2ccc(Oc3ccc(C(=O)O)cc3)cc2)C1. The number of thioether (sulfide) groups is 1. The van der Waals surface area contributed by atoms with Crippen LogP contribution in [0.4, 0.5) is 0 Å². The first kappa shape index (κ1) is 19.0. The standard InChI is InChI=1S/C20H19NO5S/c1-13(22)27-18-10-19(23)21(12-18)11-14-2-6-16(7-3-14)26-17-8-4-15(5-9-17)20(24)25/h2-9,18H,10-12H2,1H3,(H,24,25). The summed E-state index contributed by atoms with van der Waals surface area (Å²) in [6.07, 6.45) is 0.401. The Labute approximate surface area is 161 Å². The summed E-state index contributed by atoms with van der Waals surface area (Å²) in [5.41, 5.74) is 1.18. The van der Waals surface area contributed by atoms with Gasteiger partial charge in [0.05, 0.1) is 5.56 Å². The minimum absolute atomic E-state index is 0.0337. The minimum Gasteiger partial charge on any atom is -0.478 e. The summed E-state index contributed by atoms with van der Waals surface area (Å²) >= 11 is 1.23. The van der Waals surface area contributed by atoms with Gasteiger partial charge in [-0.1, -0.05) is 23.9 Å². The molecule has 140 valence electrons. The van der Waals surface area contributed by atoms with Crippen LogP contribution in [0.2, 0.25) is 0 Å². The molecule has 1 aliphatic heterocycles. The zero-order chi connectivity index (χ0) is 19.4. The summed E-state index contributed by atoms with van der Waals surface area (Å²) in [7, 11) is 0. The van der Waals surface area contributed by atoms with E-state index in [9.17, 15) is 14.4 Å². The smallest absolute Gasteiger partial charge is 0.335 e. The molecule has 0 aromatic heterocycles. The first-order valence-corrected chi connectivity index (χ1v) is 9.34. The van der Waals surface area contributed by atoms with Gasteiger partial charge in [-0.15, -0.1) is 0 Å². The maximum absolute atomic E-state index is 12.1. The third kappa shape index (κ3) is 5.10. The van der Waals surface area contributed by atoms with Crippen molar-refractivity contribution in [1.82, 2.24) is 4.90 Å². The average molecular weight is 385 g/mol. The van der Waals surface area contributed by atoms with Crippen molar-refractivity contribution in [2.75, 3.05) is 6.54 Å². The van der Waals surface area contributed by atoms with Crippen LogP contribution < -0.4 is 4.74 Å². The van der Waals surface area contributed by atoms with E-state index in [-0.39, 0.29) is 21.8 Å². The summed E-state index contributed by atoms with van der Waals surface area (Å²) in [5, 5.41) is 8.97. The zero-order valence-corrected chi connectivity index (χ0v) is 15.6. The van der Waals surface area contributed by atoms with Gasteiger partial charge in [-0.05, 0) is 42.0 Å². The number of carbonyl (C=O) groups is 3. The second-order valence-electron chi connectivity index (χ2n) is 6.29. The summed E-state index contributed by atoms with van der Waals surface area (Å²) in [6.45, 7) is 2.60. The highest BCUT2D eigenvalue weighted by Gasteiger charge is 2.30. The van der Waals surface area contributed by atoms with Gasteiger partial charge in [0.25, 0.3) is 0 Å². The van der Waals surface area contributed by atoms with E-state index >= 15 is 0 Å². The second kappa shape index (κ2) is 8.26. The van der Waals surface area contributed by atoms with Crippen LogP contribution in [-0.4, -0.2) is 38.8 Å². The number of aromatic carboxylic acids is 1. The number of likely N-dealkylation sites (tertiary alicyclic amines) is 1. The Balaban J connectivity index is 1.58. The fourth-order valence-electron chi connectivity index (χ4n) is 2.89. The first-order valence-electron chi connectivity index (χ1n) is 8.46. The molecule has 1 heterocycles. The first-order chi connectivity index (χ1) is 12.9. The fourth-order valence-corrected chi connectivity index (χ4v) is 3.84. The van der Waals surface area contributed by atoms with E-state index in [4.69, 9.17) is 9.84 Å². The normalized spacial score (nSPS) is 16.4. The Bertz CT molecular complexity index is 848. The van der Waals surface area contributed by atoms with Crippen LogP contribution in [0.1, 0.15) is 29.3 Å². The number of rotatable bonds is 6. The molecule has 2 aromatic carbocycles. The number of benzene rings is 2. The van der Waals surface area contributed by atoms with Crippen molar-refractivity contribution in [3.63, 3.8) is 0 Å². The molecule has 0 aliphatic carbocycles. The molecule has 0 radical (unpaired) electrons. The van der Waals surface area contributed by atoms with Gasteiger partial charge in [-0.25, -0.2) is 4.79 Å². The lowest BCUT2D eigenvalue weighted by Gasteiger charge is -2.16. The van der Waals surface area contributed by atoms with Crippen LogP contribution in [0.5, 0.6) is 11.5 Å². The molecule has 0 spiro atoms. The van der Waals surface area contributed by atoms with Crippen LogP contribution in [-0.2, 0) is 16.1 Å². The summed E-state index contributed by atoms with van der Waals surface area (Å²) < 4.78 is 5.71.